The molecule has 4 N–H and O–H groups in total. The molecule has 3 aromatic rings. The van der Waals surface area contributed by atoms with Crippen LogP contribution in [0.5, 0.6) is 0 Å². The van der Waals surface area contributed by atoms with E-state index in [0.717, 1.165) is 16.6 Å². The van der Waals surface area contributed by atoms with Crippen LogP contribution in [-0.2, 0) is 6.54 Å². The van der Waals surface area contributed by atoms with Crippen molar-refractivity contribution in [3.63, 3.8) is 0 Å². The van der Waals surface area contributed by atoms with Gasteiger partial charge in [0.25, 0.3) is 0 Å². The predicted molar refractivity (Wildman–Crippen MR) is 78.3 cm³/mol. The van der Waals surface area contributed by atoms with Gasteiger partial charge in [0.05, 0.1) is 5.39 Å². The topological polar surface area (TPSA) is 96.7 Å². The Labute approximate surface area is 114 Å². The number of hydrogen-bond acceptors (Lipinski definition) is 5. The molecular weight excluding hydrogens is 254 g/mol. The fourth-order valence-electron chi connectivity index (χ4n) is 1.94. The molecule has 0 aliphatic rings. The standard InChI is InChI=1S/C14H13N5O/c15-10-5-3-9(4-6-10)8-17-13-11-2-1-7-16-12(11)18-14(20)19-13/h1-7H,8,15H2,(H2,16,17,18,19,20). The summed E-state index contributed by atoms with van der Waals surface area (Å²) in [6.45, 7) is 0.556. The molecule has 0 bridgehead atoms. The van der Waals surface area contributed by atoms with Gasteiger partial charge in [0.2, 0.25) is 0 Å². The lowest BCUT2D eigenvalue weighted by Gasteiger charge is -2.08. The molecule has 6 heteroatoms. The Kier molecular flexibility index (Phi) is 3.04. The smallest absolute Gasteiger partial charge is 0.348 e. The number of aromatic nitrogens is 3. The van der Waals surface area contributed by atoms with Crippen LogP contribution in [0.15, 0.2) is 47.4 Å². The van der Waals surface area contributed by atoms with Crippen LogP contribution in [0.1, 0.15) is 5.56 Å². The maximum Gasteiger partial charge on any atom is 0.348 e. The summed E-state index contributed by atoms with van der Waals surface area (Å²) in [5.74, 6) is 0.522. The van der Waals surface area contributed by atoms with Crippen molar-refractivity contribution >= 4 is 22.5 Å². The minimum Gasteiger partial charge on any atom is -0.399 e. The summed E-state index contributed by atoms with van der Waals surface area (Å²) in [7, 11) is 0. The van der Waals surface area contributed by atoms with Crippen molar-refractivity contribution in [3.8, 4) is 0 Å². The third kappa shape index (κ3) is 2.44. The number of pyridine rings is 1. The minimum absolute atomic E-state index is 0.420. The van der Waals surface area contributed by atoms with Crippen LogP contribution in [0, 0.1) is 0 Å². The number of nitrogen functional groups attached to an aromatic ring is 1. The van der Waals surface area contributed by atoms with Crippen LogP contribution in [0.25, 0.3) is 11.0 Å². The number of nitrogens with one attached hydrogen (secondary N) is 2. The van der Waals surface area contributed by atoms with E-state index in [1.807, 2.05) is 30.3 Å². The molecule has 0 spiro atoms. The van der Waals surface area contributed by atoms with Gasteiger partial charge in [-0.1, -0.05) is 12.1 Å². The Balaban J connectivity index is 1.90. The van der Waals surface area contributed by atoms with Gasteiger partial charge in [0.1, 0.15) is 11.5 Å². The maximum absolute atomic E-state index is 11.5. The van der Waals surface area contributed by atoms with E-state index in [2.05, 4.69) is 20.3 Å². The monoisotopic (exact) mass is 267 g/mol. The van der Waals surface area contributed by atoms with Gasteiger partial charge in [-0.25, -0.2) is 9.78 Å². The molecule has 0 saturated heterocycles. The summed E-state index contributed by atoms with van der Waals surface area (Å²) in [5.41, 5.74) is 7.52. The van der Waals surface area contributed by atoms with Crippen molar-refractivity contribution in [3.05, 3.63) is 58.6 Å². The van der Waals surface area contributed by atoms with E-state index in [1.165, 1.54) is 0 Å². The van der Waals surface area contributed by atoms with E-state index in [0.29, 0.717) is 18.0 Å². The number of fused-ring (bicyclic) bond motifs is 1. The molecule has 2 aromatic heterocycles. The van der Waals surface area contributed by atoms with Crippen LogP contribution in [0.2, 0.25) is 0 Å². The number of benzene rings is 1. The first kappa shape index (κ1) is 12.2. The Bertz CT molecular complexity index is 795. The highest BCUT2D eigenvalue weighted by Crippen LogP contribution is 2.16. The Morgan fingerprint density at radius 2 is 2.00 bits per heavy atom. The number of anilines is 2. The molecule has 2 heterocycles. The highest BCUT2D eigenvalue weighted by molar-refractivity contribution is 5.85. The first-order valence-corrected chi connectivity index (χ1v) is 6.16. The van der Waals surface area contributed by atoms with Crippen LogP contribution >= 0.6 is 0 Å². The second-order valence-electron chi connectivity index (χ2n) is 4.39. The van der Waals surface area contributed by atoms with E-state index in [1.54, 1.807) is 12.3 Å². The SMILES string of the molecule is Nc1ccc(CNc2nc(=O)[nH]c3ncccc23)cc1. The summed E-state index contributed by atoms with van der Waals surface area (Å²) < 4.78 is 0. The average Bonchev–Trinajstić information content (AvgIpc) is 2.46. The molecule has 3 rings (SSSR count). The third-order valence-corrected chi connectivity index (χ3v) is 2.94. The molecule has 0 unspecified atom stereocenters. The normalized spacial score (nSPS) is 10.6. The van der Waals surface area contributed by atoms with E-state index in [-0.39, 0.29) is 0 Å². The van der Waals surface area contributed by atoms with Gasteiger partial charge in [0, 0.05) is 18.4 Å². The molecular formula is C14H13N5O. The number of nitrogens with zero attached hydrogens (tertiary/aromatic N) is 2. The van der Waals surface area contributed by atoms with E-state index < -0.39 is 5.69 Å². The molecule has 0 aliphatic carbocycles. The second-order valence-corrected chi connectivity index (χ2v) is 4.39. The molecule has 6 nitrogen and oxygen atoms in total. The number of nitrogens with two attached hydrogens (primary N) is 1. The lowest BCUT2D eigenvalue weighted by molar-refractivity contribution is 1.05. The van der Waals surface area contributed by atoms with E-state index >= 15 is 0 Å². The molecule has 0 aliphatic heterocycles. The molecule has 100 valence electrons. The minimum atomic E-state index is -0.420. The first-order valence-electron chi connectivity index (χ1n) is 6.16. The fourth-order valence-corrected chi connectivity index (χ4v) is 1.94. The molecule has 20 heavy (non-hydrogen) atoms. The summed E-state index contributed by atoms with van der Waals surface area (Å²) in [6, 6.07) is 11.2. The van der Waals surface area contributed by atoms with Gasteiger partial charge in [-0.3, -0.25) is 4.98 Å². The van der Waals surface area contributed by atoms with Crippen molar-refractivity contribution in [2.24, 2.45) is 0 Å². The van der Waals surface area contributed by atoms with Gasteiger partial charge in [-0.2, -0.15) is 4.98 Å². The van der Waals surface area contributed by atoms with Crippen molar-refractivity contribution in [2.75, 3.05) is 11.1 Å². The number of H-pyrrole nitrogens is 1. The van der Waals surface area contributed by atoms with Crippen LogP contribution < -0.4 is 16.7 Å². The highest BCUT2D eigenvalue weighted by Gasteiger charge is 2.05. The average molecular weight is 267 g/mol. The number of aromatic amines is 1. The molecule has 0 saturated carbocycles. The zero-order valence-electron chi connectivity index (χ0n) is 10.6. The molecule has 0 amide bonds. The predicted octanol–water partition coefficient (Wildman–Crippen LogP) is 1.51. The van der Waals surface area contributed by atoms with Crippen molar-refractivity contribution in [1.29, 1.82) is 0 Å². The molecule has 1 aromatic carbocycles. The van der Waals surface area contributed by atoms with Crippen LogP contribution in [-0.4, -0.2) is 15.0 Å². The quantitative estimate of drug-likeness (QED) is 0.625. The molecule has 0 radical (unpaired) electrons. The largest absolute Gasteiger partial charge is 0.399 e. The lowest BCUT2D eigenvalue weighted by atomic mass is 10.2. The van der Waals surface area contributed by atoms with E-state index in [9.17, 15) is 4.79 Å². The summed E-state index contributed by atoms with van der Waals surface area (Å²) in [4.78, 5) is 22.2. The zero-order valence-corrected chi connectivity index (χ0v) is 10.6. The Morgan fingerprint density at radius 1 is 1.20 bits per heavy atom. The Morgan fingerprint density at radius 3 is 2.80 bits per heavy atom. The molecule has 0 fully saturated rings. The molecule has 0 atom stereocenters. The highest BCUT2D eigenvalue weighted by atomic mass is 16.1. The van der Waals surface area contributed by atoms with Crippen LogP contribution in [0.4, 0.5) is 11.5 Å². The van der Waals surface area contributed by atoms with Gasteiger partial charge in [-0.05, 0) is 29.8 Å². The van der Waals surface area contributed by atoms with Crippen molar-refractivity contribution in [1.82, 2.24) is 15.0 Å². The van der Waals surface area contributed by atoms with Crippen molar-refractivity contribution in [2.45, 2.75) is 6.54 Å². The van der Waals surface area contributed by atoms with Crippen molar-refractivity contribution < 1.29 is 0 Å². The number of hydrogen-bond donors (Lipinski definition) is 3. The maximum atomic E-state index is 11.5. The third-order valence-electron chi connectivity index (χ3n) is 2.94. The summed E-state index contributed by atoms with van der Waals surface area (Å²) >= 11 is 0. The second kappa shape index (κ2) is 5.00. The van der Waals surface area contributed by atoms with E-state index in [4.69, 9.17) is 5.73 Å². The first-order chi connectivity index (χ1) is 9.72. The summed E-state index contributed by atoms with van der Waals surface area (Å²) in [5, 5.41) is 3.93. The zero-order chi connectivity index (χ0) is 13.9. The lowest BCUT2D eigenvalue weighted by Crippen LogP contribution is -2.14. The van der Waals surface area contributed by atoms with Gasteiger partial charge in [0.15, 0.2) is 0 Å². The van der Waals surface area contributed by atoms with Gasteiger partial charge >= 0.3 is 5.69 Å². The number of rotatable bonds is 3. The Hall–Kier alpha value is -2.89. The summed E-state index contributed by atoms with van der Waals surface area (Å²) in [6.07, 6.45) is 1.63. The van der Waals surface area contributed by atoms with Crippen LogP contribution in [0.3, 0.4) is 0 Å². The van der Waals surface area contributed by atoms with Gasteiger partial charge < -0.3 is 11.1 Å². The van der Waals surface area contributed by atoms with Gasteiger partial charge in [-0.15, -0.1) is 0 Å². The fraction of sp³-hybridized carbons (Fsp3) is 0.0714.